The molecule has 0 radical (unpaired) electrons. The maximum atomic E-state index is 11.4. The Hall–Kier alpha value is -1.49. The van der Waals surface area contributed by atoms with Crippen LogP contribution >= 0.6 is 11.3 Å². The third-order valence-corrected chi connectivity index (χ3v) is 5.46. The molecule has 0 amide bonds. The first-order valence-corrected chi connectivity index (χ1v) is 8.49. The SMILES string of the molecule is CC(=O)c1ccc(-c2ccc(C(C)N3CCOCC3)cc2)s1. The van der Waals surface area contributed by atoms with E-state index in [0.717, 1.165) is 36.1 Å². The van der Waals surface area contributed by atoms with E-state index in [1.807, 2.05) is 12.1 Å². The molecule has 3 nitrogen and oxygen atoms in total. The van der Waals surface area contributed by atoms with Gasteiger partial charge < -0.3 is 4.74 Å². The zero-order valence-corrected chi connectivity index (χ0v) is 13.9. The Balaban J connectivity index is 1.75. The van der Waals surface area contributed by atoms with Gasteiger partial charge in [0, 0.05) is 24.0 Å². The lowest BCUT2D eigenvalue weighted by Gasteiger charge is -2.32. The molecule has 3 rings (SSSR count). The highest BCUT2D eigenvalue weighted by atomic mass is 32.1. The molecule has 0 spiro atoms. The Morgan fingerprint density at radius 1 is 1.14 bits per heavy atom. The van der Waals surface area contributed by atoms with Crippen molar-refractivity contribution in [3.63, 3.8) is 0 Å². The second kappa shape index (κ2) is 6.73. The Morgan fingerprint density at radius 2 is 1.82 bits per heavy atom. The Bertz CT molecular complexity index is 641. The fraction of sp³-hybridized carbons (Fsp3) is 0.389. The Kier molecular flexibility index (Phi) is 4.71. The summed E-state index contributed by atoms with van der Waals surface area (Å²) in [7, 11) is 0. The third kappa shape index (κ3) is 3.29. The van der Waals surface area contributed by atoms with Gasteiger partial charge in [-0.1, -0.05) is 24.3 Å². The van der Waals surface area contributed by atoms with Crippen molar-refractivity contribution in [2.75, 3.05) is 26.3 Å². The second-order valence-electron chi connectivity index (χ2n) is 5.67. The molecule has 1 fully saturated rings. The van der Waals surface area contributed by atoms with E-state index < -0.39 is 0 Å². The number of Topliss-reactive ketones (excluding diaryl/α,β-unsaturated/α-hetero) is 1. The first-order valence-electron chi connectivity index (χ1n) is 7.68. The Labute approximate surface area is 135 Å². The summed E-state index contributed by atoms with van der Waals surface area (Å²) in [5.74, 6) is 0.133. The lowest BCUT2D eigenvalue weighted by molar-refractivity contribution is 0.0198. The normalized spacial score (nSPS) is 17.4. The quantitative estimate of drug-likeness (QED) is 0.798. The fourth-order valence-corrected chi connectivity index (χ4v) is 3.69. The standard InChI is InChI=1S/C18H21NO2S/c1-13(19-9-11-21-12-10-19)15-3-5-16(6-4-15)18-8-7-17(22-18)14(2)20/h3-8,13H,9-12H2,1-2H3. The molecule has 2 heterocycles. The van der Waals surface area contributed by atoms with Crippen molar-refractivity contribution in [3.8, 4) is 10.4 Å². The van der Waals surface area contributed by atoms with Gasteiger partial charge in [0.05, 0.1) is 18.1 Å². The van der Waals surface area contributed by atoms with Crippen LogP contribution in [0.15, 0.2) is 36.4 Å². The number of morpholine rings is 1. The minimum absolute atomic E-state index is 0.133. The number of hydrogen-bond donors (Lipinski definition) is 0. The van der Waals surface area contributed by atoms with Crippen molar-refractivity contribution in [1.29, 1.82) is 0 Å². The number of thiophene rings is 1. The predicted molar refractivity (Wildman–Crippen MR) is 90.6 cm³/mol. The number of nitrogens with zero attached hydrogens (tertiary/aromatic N) is 1. The van der Waals surface area contributed by atoms with Gasteiger partial charge in [-0.2, -0.15) is 0 Å². The van der Waals surface area contributed by atoms with Crippen molar-refractivity contribution in [1.82, 2.24) is 4.90 Å². The summed E-state index contributed by atoms with van der Waals surface area (Å²) in [4.78, 5) is 15.8. The van der Waals surface area contributed by atoms with Crippen molar-refractivity contribution >= 4 is 17.1 Å². The van der Waals surface area contributed by atoms with Crippen LogP contribution in [0.2, 0.25) is 0 Å². The summed E-state index contributed by atoms with van der Waals surface area (Å²) < 4.78 is 5.42. The van der Waals surface area contributed by atoms with Crippen LogP contribution in [0, 0.1) is 0 Å². The van der Waals surface area contributed by atoms with Crippen LogP contribution in [0.3, 0.4) is 0 Å². The molecule has 0 N–H and O–H groups in total. The molecule has 1 unspecified atom stereocenters. The van der Waals surface area contributed by atoms with E-state index in [-0.39, 0.29) is 5.78 Å². The summed E-state index contributed by atoms with van der Waals surface area (Å²) >= 11 is 1.56. The first-order chi connectivity index (χ1) is 10.6. The van der Waals surface area contributed by atoms with Crippen LogP contribution in [0.25, 0.3) is 10.4 Å². The molecular formula is C18H21NO2S. The molecule has 1 atom stereocenters. The summed E-state index contributed by atoms with van der Waals surface area (Å²) in [6.45, 7) is 7.50. The summed E-state index contributed by atoms with van der Waals surface area (Å²) in [6.07, 6.45) is 0. The van der Waals surface area contributed by atoms with Crippen molar-refractivity contribution in [3.05, 3.63) is 46.8 Å². The molecule has 1 aliphatic rings. The van der Waals surface area contributed by atoms with E-state index in [0.29, 0.717) is 6.04 Å². The van der Waals surface area contributed by atoms with Crippen molar-refractivity contribution in [2.45, 2.75) is 19.9 Å². The van der Waals surface area contributed by atoms with Gasteiger partial charge in [0.15, 0.2) is 5.78 Å². The molecular weight excluding hydrogens is 294 g/mol. The highest BCUT2D eigenvalue weighted by molar-refractivity contribution is 7.17. The summed E-state index contributed by atoms with van der Waals surface area (Å²) in [5, 5.41) is 0. The van der Waals surface area contributed by atoms with E-state index in [1.54, 1.807) is 18.3 Å². The third-order valence-electron chi connectivity index (χ3n) is 4.22. The largest absolute Gasteiger partial charge is 0.379 e. The van der Waals surface area contributed by atoms with Gasteiger partial charge in [-0.05, 0) is 37.1 Å². The molecule has 2 aromatic rings. The molecule has 1 aromatic carbocycles. The molecule has 1 aromatic heterocycles. The average molecular weight is 315 g/mol. The zero-order chi connectivity index (χ0) is 15.5. The van der Waals surface area contributed by atoms with Gasteiger partial charge >= 0.3 is 0 Å². The molecule has 1 saturated heterocycles. The lowest BCUT2D eigenvalue weighted by atomic mass is 10.0. The maximum absolute atomic E-state index is 11.4. The highest BCUT2D eigenvalue weighted by Gasteiger charge is 2.18. The van der Waals surface area contributed by atoms with E-state index in [4.69, 9.17) is 4.74 Å². The lowest BCUT2D eigenvalue weighted by Crippen LogP contribution is -2.37. The van der Waals surface area contributed by atoms with Gasteiger partial charge in [0.1, 0.15) is 0 Å². The monoisotopic (exact) mass is 315 g/mol. The highest BCUT2D eigenvalue weighted by Crippen LogP contribution is 2.30. The second-order valence-corrected chi connectivity index (χ2v) is 6.75. The average Bonchev–Trinajstić information content (AvgIpc) is 3.05. The van der Waals surface area contributed by atoms with Gasteiger partial charge in [0.25, 0.3) is 0 Å². The Morgan fingerprint density at radius 3 is 2.41 bits per heavy atom. The smallest absolute Gasteiger partial charge is 0.169 e. The molecule has 0 saturated carbocycles. The number of ether oxygens (including phenoxy) is 1. The summed E-state index contributed by atoms with van der Waals surface area (Å²) in [6, 6.07) is 13.1. The minimum atomic E-state index is 0.133. The fourth-order valence-electron chi connectivity index (χ4n) is 2.78. The molecule has 0 bridgehead atoms. The molecule has 4 heteroatoms. The van der Waals surface area contributed by atoms with Crippen LogP contribution < -0.4 is 0 Å². The van der Waals surface area contributed by atoms with Crippen LogP contribution in [0.1, 0.15) is 35.1 Å². The van der Waals surface area contributed by atoms with Crippen LogP contribution in [-0.4, -0.2) is 37.0 Å². The topological polar surface area (TPSA) is 29.5 Å². The minimum Gasteiger partial charge on any atom is -0.379 e. The predicted octanol–water partition coefficient (Wildman–Crippen LogP) is 4.01. The first kappa shape index (κ1) is 15.4. The zero-order valence-electron chi connectivity index (χ0n) is 13.0. The van der Waals surface area contributed by atoms with E-state index in [9.17, 15) is 4.79 Å². The van der Waals surface area contributed by atoms with Gasteiger partial charge in [0.2, 0.25) is 0 Å². The van der Waals surface area contributed by atoms with E-state index >= 15 is 0 Å². The number of hydrogen-bond acceptors (Lipinski definition) is 4. The molecule has 1 aliphatic heterocycles. The van der Waals surface area contributed by atoms with Gasteiger partial charge in [-0.3, -0.25) is 9.69 Å². The van der Waals surface area contributed by atoms with Gasteiger partial charge in [-0.15, -0.1) is 11.3 Å². The molecule has 116 valence electrons. The molecule has 22 heavy (non-hydrogen) atoms. The maximum Gasteiger partial charge on any atom is 0.169 e. The number of carbonyl (C=O) groups excluding carboxylic acids is 1. The van der Waals surface area contributed by atoms with E-state index in [1.165, 1.54) is 11.1 Å². The molecule has 0 aliphatic carbocycles. The van der Waals surface area contributed by atoms with Crippen molar-refractivity contribution < 1.29 is 9.53 Å². The number of rotatable bonds is 4. The van der Waals surface area contributed by atoms with Crippen LogP contribution in [0.5, 0.6) is 0 Å². The van der Waals surface area contributed by atoms with Crippen LogP contribution in [-0.2, 0) is 4.74 Å². The van der Waals surface area contributed by atoms with E-state index in [2.05, 4.69) is 36.1 Å². The number of ketones is 1. The van der Waals surface area contributed by atoms with Crippen molar-refractivity contribution in [2.24, 2.45) is 0 Å². The number of carbonyl (C=O) groups is 1. The van der Waals surface area contributed by atoms with Gasteiger partial charge in [-0.25, -0.2) is 0 Å². The summed E-state index contributed by atoms with van der Waals surface area (Å²) in [5.41, 5.74) is 2.50. The number of benzene rings is 1. The van der Waals surface area contributed by atoms with Crippen LogP contribution in [0.4, 0.5) is 0 Å².